The van der Waals surface area contributed by atoms with Crippen molar-refractivity contribution >= 4 is 17.5 Å². The second kappa shape index (κ2) is 6.75. The topological polar surface area (TPSA) is 38.8 Å². The highest BCUT2D eigenvalue weighted by Gasteiger charge is 2.43. The van der Waals surface area contributed by atoms with E-state index in [1.807, 2.05) is 4.90 Å². The van der Waals surface area contributed by atoms with E-state index in [1.54, 1.807) is 7.11 Å². The lowest BCUT2D eigenvalue weighted by molar-refractivity contribution is 0.0281. The fourth-order valence-electron chi connectivity index (χ4n) is 3.53. The van der Waals surface area contributed by atoms with Gasteiger partial charge in [0.1, 0.15) is 5.82 Å². The van der Waals surface area contributed by atoms with Crippen LogP contribution in [-0.2, 0) is 9.47 Å². The molecule has 2 fully saturated rings. The Morgan fingerprint density at radius 3 is 2.87 bits per heavy atom. The second-order valence-electron chi connectivity index (χ2n) is 6.51. The molecule has 2 saturated heterocycles. The number of amides is 1. The minimum atomic E-state index is -0.506. The van der Waals surface area contributed by atoms with Crippen LogP contribution in [0, 0.1) is 11.2 Å². The Morgan fingerprint density at radius 1 is 1.48 bits per heavy atom. The molecular formula is C17H21ClFNO3. The SMILES string of the molecule is COC[C@@H]1CC2(CCN(C(=O)c3ccc(F)c(Cl)c3)CC2)CO1. The Balaban J connectivity index is 1.60. The summed E-state index contributed by atoms with van der Waals surface area (Å²) in [6, 6.07) is 4.12. The smallest absolute Gasteiger partial charge is 0.253 e. The summed E-state index contributed by atoms with van der Waals surface area (Å²) in [5.74, 6) is -0.595. The van der Waals surface area contributed by atoms with Gasteiger partial charge in [-0.1, -0.05) is 11.6 Å². The van der Waals surface area contributed by atoms with Crippen molar-refractivity contribution in [2.75, 3.05) is 33.4 Å². The van der Waals surface area contributed by atoms with E-state index in [-0.39, 0.29) is 22.4 Å². The third-order valence-electron chi connectivity index (χ3n) is 4.92. The van der Waals surface area contributed by atoms with Crippen LogP contribution in [-0.4, -0.2) is 50.3 Å². The summed E-state index contributed by atoms with van der Waals surface area (Å²) < 4.78 is 24.2. The lowest BCUT2D eigenvalue weighted by Crippen LogP contribution is -2.43. The van der Waals surface area contributed by atoms with Gasteiger partial charge in [0, 0.05) is 25.8 Å². The van der Waals surface area contributed by atoms with Crippen LogP contribution in [0.4, 0.5) is 4.39 Å². The number of ether oxygens (including phenoxy) is 2. The monoisotopic (exact) mass is 341 g/mol. The average Bonchev–Trinajstić information content (AvgIpc) is 2.93. The number of likely N-dealkylation sites (tertiary alicyclic amines) is 1. The van der Waals surface area contributed by atoms with E-state index in [1.165, 1.54) is 18.2 Å². The summed E-state index contributed by atoms with van der Waals surface area (Å²) >= 11 is 5.77. The molecule has 2 aliphatic heterocycles. The minimum absolute atomic E-state index is 0.0177. The van der Waals surface area contributed by atoms with Gasteiger partial charge in [0.2, 0.25) is 0 Å². The zero-order chi connectivity index (χ0) is 16.4. The normalized spacial score (nSPS) is 23.4. The molecule has 1 spiro atoms. The maximum atomic E-state index is 13.2. The van der Waals surface area contributed by atoms with Gasteiger partial charge in [0.05, 0.1) is 24.3 Å². The molecule has 0 aliphatic carbocycles. The largest absolute Gasteiger partial charge is 0.382 e. The summed E-state index contributed by atoms with van der Waals surface area (Å²) in [4.78, 5) is 14.3. The molecule has 126 valence electrons. The lowest BCUT2D eigenvalue weighted by Gasteiger charge is -2.38. The number of benzene rings is 1. The average molecular weight is 342 g/mol. The van der Waals surface area contributed by atoms with Crippen LogP contribution in [0.2, 0.25) is 5.02 Å². The van der Waals surface area contributed by atoms with Crippen molar-refractivity contribution in [1.82, 2.24) is 4.90 Å². The number of hydrogen-bond acceptors (Lipinski definition) is 3. The summed E-state index contributed by atoms with van der Waals surface area (Å²) in [5, 5.41) is -0.0177. The Morgan fingerprint density at radius 2 is 2.22 bits per heavy atom. The lowest BCUT2D eigenvalue weighted by atomic mass is 9.76. The third kappa shape index (κ3) is 3.52. The van der Waals surface area contributed by atoms with Crippen molar-refractivity contribution < 1.29 is 18.7 Å². The molecule has 23 heavy (non-hydrogen) atoms. The van der Waals surface area contributed by atoms with Crippen molar-refractivity contribution in [3.63, 3.8) is 0 Å². The van der Waals surface area contributed by atoms with Crippen molar-refractivity contribution in [1.29, 1.82) is 0 Å². The first-order chi connectivity index (χ1) is 11.0. The number of nitrogens with zero attached hydrogens (tertiary/aromatic N) is 1. The van der Waals surface area contributed by atoms with E-state index in [0.717, 1.165) is 25.9 Å². The van der Waals surface area contributed by atoms with Gasteiger partial charge >= 0.3 is 0 Å². The summed E-state index contributed by atoms with van der Waals surface area (Å²) in [6.07, 6.45) is 3.01. The minimum Gasteiger partial charge on any atom is -0.382 e. The van der Waals surface area contributed by atoms with Crippen LogP contribution < -0.4 is 0 Å². The zero-order valence-corrected chi connectivity index (χ0v) is 13.9. The van der Waals surface area contributed by atoms with Crippen molar-refractivity contribution in [3.05, 3.63) is 34.6 Å². The van der Waals surface area contributed by atoms with E-state index in [0.29, 0.717) is 25.3 Å². The maximum absolute atomic E-state index is 13.2. The Kier molecular flexibility index (Phi) is 4.90. The molecule has 1 amide bonds. The number of piperidine rings is 1. The predicted octanol–water partition coefficient (Wildman–Crippen LogP) is 3.14. The van der Waals surface area contributed by atoms with E-state index >= 15 is 0 Å². The van der Waals surface area contributed by atoms with Crippen molar-refractivity contribution in [2.45, 2.75) is 25.4 Å². The number of methoxy groups -OCH3 is 1. The number of carbonyl (C=O) groups excluding carboxylic acids is 1. The second-order valence-corrected chi connectivity index (χ2v) is 6.92. The van der Waals surface area contributed by atoms with Crippen LogP contribution in [0.5, 0.6) is 0 Å². The van der Waals surface area contributed by atoms with Crippen LogP contribution >= 0.6 is 11.6 Å². The van der Waals surface area contributed by atoms with Gasteiger partial charge in [-0.05, 0) is 42.9 Å². The third-order valence-corrected chi connectivity index (χ3v) is 5.21. The highest BCUT2D eigenvalue weighted by molar-refractivity contribution is 6.31. The quantitative estimate of drug-likeness (QED) is 0.847. The first-order valence-corrected chi connectivity index (χ1v) is 8.26. The molecule has 0 unspecified atom stereocenters. The van der Waals surface area contributed by atoms with Gasteiger partial charge in [-0.2, -0.15) is 0 Å². The maximum Gasteiger partial charge on any atom is 0.253 e. The molecule has 1 aromatic rings. The fraction of sp³-hybridized carbons (Fsp3) is 0.588. The molecule has 1 atom stereocenters. The molecule has 2 aliphatic rings. The van der Waals surface area contributed by atoms with Gasteiger partial charge in [0.15, 0.2) is 0 Å². The number of hydrogen-bond donors (Lipinski definition) is 0. The van der Waals surface area contributed by atoms with Crippen molar-refractivity contribution in [3.8, 4) is 0 Å². The highest BCUT2D eigenvalue weighted by atomic mass is 35.5. The predicted molar refractivity (Wildman–Crippen MR) is 85.2 cm³/mol. The van der Waals surface area contributed by atoms with E-state index in [4.69, 9.17) is 21.1 Å². The van der Waals surface area contributed by atoms with E-state index in [9.17, 15) is 9.18 Å². The van der Waals surface area contributed by atoms with Crippen LogP contribution in [0.3, 0.4) is 0 Å². The highest BCUT2D eigenvalue weighted by Crippen LogP contribution is 2.42. The molecular weight excluding hydrogens is 321 g/mol. The molecule has 1 aromatic carbocycles. The summed E-state index contributed by atoms with van der Waals surface area (Å²) in [7, 11) is 1.68. The Hall–Kier alpha value is -1.17. The van der Waals surface area contributed by atoms with Crippen molar-refractivity contribution in [2.24, 2.45) is 5.41 Å². The molecule has 6 heteroatoms. The van der Waals surface area contributed by atoms with E-state index < -0.39 is 5.82 Å². The molecule has 0 aromatic heterocycles. The molecule has 0 radical (unpaired) electrons. The summed E-state index contributed by atoms with van der Waals surface area (Å²) in [6.45, 7) is 2.75. The molecule has 2 heterocycles. The molecule has 4 nitrogen and oxygen atoms in total. The van der Waals surface area contributed by atoms with Gasteiger partial charge < -0.3 is 14.4 Å². The van der Waals surface area contributed by atoms with Gasteiger partial charge in [0.25, 0.3) is 5.91 Å². The molecule has 0 N–H and O–H groups in total. The fourth-order valence-corrected chi connectivity index (χ4v) is 3.71. The van der Waals surface area contributed by atoms with Crippen LogP contribution in [0.15, 0.2) is 18.2 Å². The standard InChI is InChI=1S/C17H21ClFNO3/c1-22-10-13-9-17(11-23-13)4-6-20(7-5-17)16(21)12-2-3-15(19)14(18)8-12/h2-3,8,13H,4-7,9-11H2,1H3/t13-/m0/s1. The Bertz CT molecular complexity index is 587. The van der Waals surface area contributed by atoms with Gasteiger partial charge in [-0.25, -0.2) is 4.39 Å². The zero-order valence-electron chi connectivity index (χ0n) is 13.2. The summed E-state index contributed by atoms with van der Waals surface area (Å²) in [5.41, 5.74) is 0.604. The molecule has 0 saturated carbocycles. The van der Waals surface area contributed by atoms with E-state index in [2.05, 4.69) is 0 Å². The first kappa shape index (κ1) is 16.7. The number of carbonyl (C=O) groups is 1. The first-order valence-electron chi connectivity index (χ1n) is 7.88. The Labute approximate surface area is 140 Å². The van der Waals surface area contributed by atoms with Crippen LogP contribution in [0.25, 0.3) is 0 Å². The molecule has 3 rings (SSSR count). The number of halogens is 2. The van der Waals surface area contributed by atoms with Gasteiger partial charge in [-0.3, -0.25) is 4.79 Å². The van der Waals surface area contributed by atoms with Crippen LogP contribution in [0.1, 0.15) is 29.6 Å². The van der Waals surface area contributed by atoms with Gasteiger partial charge in [-0.15, -0.1) is 0 Å². The molecule has 0 bridgehead atoms. The number of rotatable bonds is 3.